The van der Waals surface area contributed by atoms with Crippen molar-refractivity contribution in [1.82, 2.24) is 29.5 Å². The Bertz CT molecular complexity index is 1220. The monoisotopic (exact) mass is 456 g/mol. The van der Waals surface area contributed by atoms with E-state index in [1.807, 2.05) is 0 Å². The lowest BCUT2D eigenvalue weighted by molar-refractivity contribution is -0.141. The lowest BCUT2D eigenvalue weighted by Crippen LogP contribution is -2.07. The number of thiazole rings is 1. The average Bonchev–Trinajstić information content (AvgIpc) is 3.29. The zero-order valence-electron chi connectivity index (χ0n) is 15.6. The molecule has 0 amide bonds. The topological polar surface area (TPSA) is 118 Å². The summed E-state index contributed by atoms with van der Waals surface area (Å²) in [5.41, 5.74) is -0.149. The van der Waals surface area contributed by atoms with E-state index < -0.39 is 22.7 Å². The van der Waals surface area contributed by atoms with Crippen LogP contribution in [0.2, 0.25) is 0 Å². The van der Waals surface area contributed by atoms with Crippen LogP contribution in [0.4, 0.5) is 13.2 Å². The lowest BCUT2D eigenvalue weighted by atomic mass is 10.3. The lowest BCUT2D eigenvalue weighted by Gasteiger charge is -2.04. The molecule has 0 aliphatic carbocycles. The van der Waals surface area contributed by atoms with E-state index in [1.165, 1.54) is 11.3 Å². The standard InChI is InChI=1S/C17H13F3N6OS2.H2O/c1-3-29(27)16-12(25-15(28-16)13-21-5-4-6-22-13)14-24-9-7-11(17(18,19)20)23-8-10(9)26(14)2;/h4-8H,3H2,1-2H3;1H2. The molecule has 0 fully saturated rings. The molecular formula is C17H15F3N6O2S2. The van der Waals surface area contributed by atoms with Crippen LogP contribution in [0.25, 0.3) is 33.4 Å². The van der Waals surface area contributed by atoms with Gasteiger partial charge in [0.05, 0.1) is 28.0 Å². The van der Waals surface area contributed by atoms with Crippen LogP contribution in [-0.4, -0.2) is 44.9 Å². The molecule has 4 aromatic heterocycles. The first-order valence-electron chi connectivity index (χ1n) is 8.36. The number of rotatable bonds is 4. The minimum absolute atomic E-state index is 0. The Labute approximate surface area is 174 Å². The maximum absolute atomic E-state index is 13.0. The van der Waals surface area contributed by atoms with Gasteiger partial charge in [0.1, 0.15) is 15.6 Å². The minimum atomic E-state index is -4.57. The van der Waals surface area contributed by atoms with Crippen LogP contribution in [0.3, 0.4) is 0 Å². The van der Waals surface area contributed by atoms with E-state index in [2.05, 4.69) is 24.9 Å². The largest absolute Gasteiger partial charge is 0.433 e. The highest BCUT2D eigenvalue weighted by molar-refractivity contribution is 7.87. The number of halogens is 3. The molecule has 0 bridgehead atoms. The predicted molar refractivity (Wildman–Crippen MR) is 106 cm³/mol. The summed E-state index contributed by atoms with van der Waals surface area (Å²) in [7, 11) is 0.297. The molecule has 1 unspecified atom stereocenters. The molecular weight excluding hydrogens is 441 g/mol. The summed E-state index contributed by atoms with van der Waals surface area (Å²) in [4.78, 5) is 20.7. The number of aryl methyl sites for hydroxylation is 1. The van der Waals surface area contributed by atoms with Gasteiger partial charge in [-0.15, -0.1) is 11.3 Å². The number of imidazole rings is 1. The van der Waals surface area contributed by atoms with Crippen molar-refractivity contribution < 1.29 is 22.9 Å². The van der Waals surface area contributed by atoms with Crippen molar-refractivity contribution in [1.29, 1.82) is 0 Å². The molecule has 4 heterocycles. The van der Waals surface area contributed by atoms with Crippen LogP contribution >= 0.6 is 11.3 Å². The molecule has 0 spiro atoms. The van der Waals surface area contributed by atoms with Crippen molar-refractivity contribution in [2.75, 3.05) is 5.75 Å². The van der Waals surface area contributed by atoms with Crippen molar-refractivity contribution in [3.8, 4) is 22.4 Å². The molecule has 0 aliphatic rings. The SMILES string of the molecule is CCS(=O)c1sc(-c2ncccn2)nc1-c1nc2cc(C(F)(F)F)ncc2n1C.O. The van der Waals surface area contributed by atoms with Crippen LogP contribution < -0.4 is 0 Å². The second-order valence-electron chi connectivity index (χ2n) is 5.91. The average molecular weight is 456 g/mol. The number of hydrogen-bond donors (Lipinski definition) is 0. The fourth-order valence-electron chi connectivity index (χ4n) is 2.69. The number of aromatic nitrogens is 6. The highest BCUT2D eigenvalue weighted by atomic mass is 32.2. The Morgan fingerprint density at radius 3 is 2.50 bits per heavy atom. The van der Waals surface area contributed by atoms with Crippen molar-refractivity contribution in [3.05, 3.63) is 36.4 Å². The maximum Gasteiger partial charge on any atom is 0.433 e. The van der Waals surface area contributed by atoms with E-state index in [1.54, 1.807) is 37.0 Å². The van der Waals surface area contributed by atoms with Crippen LogP contribution in [0.15, 0.2) is 34.9 Å². The zero-order valence-corrected chi connectivity index (χ0v) is 17.3. The van der Waals surface area contributed by atoms with E-state index in [9.17, 15) is 17.4 Å². The van der Waals surface area contributed by atoms with Gasteiger partial charge >= 0.3 is 6.18 Å². The first-order valence-corrected chi connectivity index (χ1v) is 10.5. The minimum Gasteiger partial charge on any atom is -0.412 e. The predicted octanol–water partition coefficient (Wildman–Crippen LogP) is 2.87. The van der Waals surface area contributed by atoms with Crippen molar-refractivity contribution >= 4 is 33.2 Å². The van der Waals surface area contributed by atoms with E-state index in [0.29, 0.717) is 37.8 Å². The third-order valence-electron chi connectivity index (χ3n) is 4.09. The van der Waals surface area contributed by atoms with Gasteiger partial charge in [-0.25, -0.2) is 24.9 Å². The van der Waals surface area contributed by atoms with E-state index >= 15 is 0 Å². The number of hydrogen-bond acceptors (Lipinski definition) is 7. The normalized spacial score (nSPS) is 12.7. The molecule has 30 heavy (non-hydrogen) atoms. The summed E-state index contributed by atoms with van der Waals surface area (Å²) >= 11 is 1.18. The van der Waals surface area contributed by atoms with Crippen LogP contribution in [0.5, 0.6) is 0 Å². The third-order valence-corrected chi connectivity index (χ3v) is 6.88. The van der Waals surface area contributed by atoms with Crippen LogP contribution in [-0.2, 0) is 24.0 Å². The van der Waals surface area contributed by atoms with Crippen molar-refractivity contribution in [2.45, 2.75) is 17.3 Å². The van der Waals surface area contributed by atoms with Gasteiger partial charge in [0.25, 0.3) is 0 Å². The summed E-state index contributed by atoms with van der Waals surface area (Å²) in [5.74, 6) is 1.03. The Morgan fingerprint density at radius 1 is 1.17 bits per heavy atom. The second-order valence-corrected chi connectivity index (χ2v) is 8.85. The summed E-state index contributed by atoms with van der Waals surface area (Å²) in [6.07, 6.45) is -0.309. The Hall–Kier alpha value is -2.77. The fraction of sp³-hybridized carbons (Fsp3) is 0.235. The molecule has 0 aliphatic heterocycles. The highest BCUT2D eigenvalue weighted by Gasteiger charge is 2.33. The summed E-state index contributed by atoms with van der Waals surface area (Å²) < 4.78 is 53.6. The van der Waals surface area contributed by atoms with Crippen molar-refractivity contribution in [2.24, 2.45) is 7.05 Å². The molecule has 1 atom stereocenters. The molecule has 0 radical (unpaired) electrons. The molecule has 158 valence electrons. The Balaban J connectivity index is 0.00000256. The molecule has 4 rings (SSSR count). The van der Waals surface area contributed by atoms with Gasteiger partial charge < -0.3 is 10.0 Å². The highest BCUT2D eigenvalue weighted by Crippen LogP contribution is 2.36. The van der Waals surface area contributed by atoms with Gasteiger partial charge in [-0.3, -0.25) is 4.21 Å². The van der Waals surface area contributed by atoms with Crippen LogP contribution in [0, 0.1) is 0 Å². The molecule has 0 aromatic carbocycles. The maximum atomic E-state index is 13.0. The molecule has 4 aromatic rings. The second kappa shape index (κ2) is 8.16. The van der Waals surface area contributed by atoms with Gasteiger partial charge in [0, 0.05) is 25.2 Å². The quantitative estimate of drug-likeness (QED) is 0.466. The molecule has 2 N–H and O–H groups in total. The number of alkyl halides is 3. The van der Waals surface area contributed by atoms with E-state index in [0.717, 1.165) is 12.3 Å². The third kappa shape index (κ3) is 3.82. The fourth-order valence-corrected chi connectivity index (χ4v) is 5.01. The zero-order chi connectivity index (χ0) is 20.8. The molecule has 0 saturated heterocycles. The van der Waals surface area contributed by atoms with Crippen LogP contribution in [0.1, 0.15) is 12.6 Å². The summed E-state index contributed by atoms with van der Waals surface area (Å²) in [6.45, 7) is 1.77. The first kappa shape index (κ1) is 21.9. The van der Waals surface area contributed by atoms with Crippen molar-refractivity contribution in [3.63, 3.8) is 0 Å². The smallest absolute Gasteiger partial charge is 0.412 e. The molecule has 13 heteroatoms. The van der Waals surface area contributed by atoms with Gasteiger partial charge in [-0.05, 0) is 12.1 Å². The van der Waals surface area contributed by atoms with Gasteiger partial charge in [0.15, 0.2) is 16.7 Å². The van der Waals surface area contributed by atoms with Gasteiger partial charge in [-0.2, -0.15) is 13.2 Å². The molecule has 0 saturated carbocycles. The van der Waals surface area contributed by atoms with Gasteiger partial charge in [-0.1, -0.05) is 6.92 Å². The molecule has 8 nitrogen and oxygen atoms in total. The van der Waals surface area contributed by atoms with E-state index in [-0.39, 0.29) is 11.0 Å². The number of nitrogens with zero attached hydrogens (tertiary/aromatic N) is 6. The summed E-state index contributed by atoms with van der Waals surface area (Å²) in [6, 6.07) is 2.56. The van der Waals surface area contributed by atoms with E-state index in [4.69, 9.17) is 0 Å². The number of pyridine rings is 1. The summed E-state index contributed by atoms with van der Waals surface area (Å²) in [5, 5.41) is 0.457. The Kier molecular flexibility index (Phi) is 5.97. The first-order chi connectivity index (χ1) is 13.8. The Morgan fingerprint density at radius 2 is 1.87 bits per heavy atom. The van der Waals surface area contributed by atoms with Gasteiger partial charge in [0.2, 0.25) is 0 Å². The number of fused-ring (bicyclic) bond motifs is 1.